The predicted molar refractivity (Wildman–Crippen MR) is 112 cm³/mol. The van der Waals surface area contributed by atoms with Crippen molar-refractivity contribution in [1.29, 1.82) is 5.26 Å². The van der Waals surface area contributed by atoms with Crippen molar-refractivity contribution < 1.29 is 19.8 Å². The molecule has 3 rings (SSSR count). The minimum Gasteiger partial charge on any atom is -0.481 e. The average molecular weight is 418 g/mol. The number of aliphatic carboxylic acids is 1. The summed E-state index contributed by atoms with van der Waals surface area (Å²) in [5.41, 5.74) is 0.144. The van der Waals surface area contributed by atoms with E-state index in [4.69, 9.17) is 0 Å². The summed E-state index contributed by atoms with van der Waals surface area (Å²) >= 11 is 0. The zero-order valence-electron chi connectivity index (χ0n) is 18.1. The number of rotatable bonds is 5. The Morgan fingerprint density at radius 2 is 1.77 bits per heavy atom. The van der Waals surface area contributed by atoms with Gasteiger partial charge in [0.1, 0.15) is 11.6 Å². The van der Waals surface area contributed by atoms with Gasteiger partial charge in [0.2, 0.25) is 0 Å². The van der Waals surface area contributed by atoms with Crippen molar-refractivity contribution in [2.75, 3.05) is 0 Å². The Morgan fingerprint density at radius 1 is 1.10 bits per heavy atom. The van der Waals surface area contributed by atoms with Crippen LogP contribution in [-0.2, 0) is 9.59 Å². The number of nitriles is 1. The first-order valence-electron chi connectivity index (χ1n) is 11.4. The summed E-state index contributed by atoms with van der Waals surface area (Å²) < 4.78 is 0. The van der Waals surface area contributed by atoms with Gasteiger partial charge in [-0.25, -0.2) is 0 Å². The van der Waals surface area contributed by atoms with E-state index in [1.807, 2.05) is 0 Å². The van der Waals surface area contributed by atoms with Crippen molar-refractivity contribution in [3.8, 4) is 6.07 Å². The second kappa shape index (κ2) is 9.93. The highest BCUT2D eigenvalue weighted by Gasteiger charge is 2.44. The Morgan fingerprint density at radius 3 is 2.40 bits per heavy atom. The maximum Gasteiger partial charge on any atom is 0.308 e. The van der Waals surface area contributed by atoms with Gasteiger partial charge in [-0.1, -0.05) is 18.9 Å². The van der Waals surface area contributed by atoms with E-state index in [9.17, 15) is 25.1 Å². The van der Waals surface area contributed by atoms with Crippen LogP contribution in [0.1, 0.15) is 71.6 Å². The van der Waals surface area contributed by atoms with Crippen molar-refractivity contribution >= 4 is 11.9 Å². The normalized spacial score (nSPS) is 38.1. The number of nitrogens with zero attached hydrogens (tertiary/aromatic N) is 2. The fraction of sp³-hybridized carbons (Fsp3) is 0.783. The van der Waals surface area contributed by atoms with E-state index in [-0.39, 0.29) is 53.6 Å². The van der Waals surface area contributed by atoms with Crippen LogP contribution in [-0.4, -0.2) is 57.3 Å². The van der Waals surface area contributed by atoms with E-state index in [1.165, 1.54) is 0 Å². The molecular formula is C23H35N3O4. The molecule has 0 radical (unpaired) electrons. The van der Waals surface area contributed by atoms with Gasteiger partial charge >= 0.3 is 5.97 Å². The van der Waals surface area contributed by atoms with Gasteiger partial charge in [0.25, 0.3) is 5.91 Å². The molecule has 0 spiro atoms. The van der Waals surface area contributed by atoms with E-state index in [2.05, 4.69) is 30.1 Å². The maximum absolute atomic E-state index is 12.7. The van der Waals surface area contributed by atoms with Crippen LogP contribution in [0.3, 0.4) is 0 Å². The van der Waals surface area contributed by atoms with Crippen LogP contribution >= 0.6 is 0 Å². The second-order valence-corrected chi connectivity index (χ2v) is 9.40. The van der Waals surface area contributed by atoms with Gasteiger partial charge in [-0.2, -0.15) is 5.26 Å². The lowest BCUT2D eigenvalue weighted by molar-refractivity contribution is -0.146. The van der Waals surface area contributed by atoms with Crippen LogP contribution in [0, 0.1) is 23.2 Å². The Balaban J connectivity index is 1.68. The van der Waals surface area contributed by atoms with E-state index in [1.54, 1.807) is 6.08 Å². The summed E-state index contributed by atoms with van der Waals surface area (Å²) in [6, 6.07) is 2.40. The minimum absolute atomic E-state index is 0.00707. The smallest absolute Gasteiger partial charge is 0.308 e. The minimum atomic E-state index is -0.715. The van der Waals surface area contributed by atoms with Crippen LogP contribution < -0.4 is 5.32 Å². The van der Waals surface area contributed by atoms with Crippen LogP contribution in [0.25, 0.3) is 0 Å². The number of carbonyl (C=O) groups excluding carboxylic acids is 1. The third-order valence-electron chi connectivity index (χ3n) is 7.42. The molecule has 1 amide bonds. The maximum atomic E-state index is 12.7. The monoisotopic (exact) mass is 417 g/mol. The summed E-state index contributed by atoms with van der Waals surface area (Å²) in [5, 5.41) is 31.9. The number of aliphatic hydroxyl groups is 1. The average Bonchev–Trinajstić information content (AvgIpc) is 3.00. The van der Waals surface area contributed by atoms with Gasteiger partial charge in [-0.05, 0) is 64.7 Å². The molecule has 3 fully saturated rings. The van der Waals surface area contributed by atoms with Gasteiger partial charge in [0, 0.05) is 24.2 Å². The first-order chi connectivity index (χ1) is 14.3. The van der Waals surface area contributed by atoms with Gasteiger partial charge < -0.3 is 15.5 Å². The van der Waals surface area contributed by atoms with Crippen molar-refractivity contribution in [3.05, 3.63) is 11.6 Å². The first kappa shape index (κ1) is 22.8. The van der Waals surface area contributed by atoms with Crippen LogP contribution in [0.15, 0.2) is 11.6 Å². The third kappa shape index (κ3) is 5.04. The van der Waals surface area contributed by atoms with Gasteiger partial charge in [0.05, 0.1) is 12.0 Å². The third-order valence-corrected chi connectivity index (χ3v) is 7.42. The molecule has 5 unspecified atom stereocenters. The van der Waals surface area contributed by atoms with Gasteiger partial charge in [-0.15, -0.1) is 0 Å². The highest BCUT2D eigenvalue weighted by Crippen LogP contribution is 2.39. The number of aliphatic hydroxyl groups excluding tert-OH is 1. The molecule has 0 bridgehead atoms. The second-order valence-electron chi connectivity index (χ2n) is 9.40. The first-order valence-corrected chi connectivity index (χ1v) is 11.4. The number of carboxylic acids is 1. The number of carboxylic acid groups (broad SMARTS) is 1. The summed E-state index contributed by atoms with van der Waals surface area (Å²) in [6.45, 7) is 4.21. The zero-order valence-corrected chi connectivity index (χ0v) is 18.1. The molecule has 0 aromatic heterocycles. The molecule has 3 aliphatic rings. The molecule has 2 saturated carbocycles. The summed E-state index contributed by atoms with van der Waals surface area (Å²) in [5.74, 6) is -1.34. The Labute approximate surface area is 179 Å². The molecule has 3 N–H and O–H groups in total. The fourth-order valence-corrected chi connectivity index (χ4v) is 5.79. The SMILES string of the molecule is CC1CC(/C=C(\C#N)C(=O)NC2CCC(O)CC2)C(C)N1C1CCCCC1C(=O)O. The van der Waals surface area contributed by atoms with Crippen molar-refractivity contribution in [1.82, 2.24) is 10.2 Å². The zero-order chi connectivity index (χ0) is 21.8. The topological polar surface area (TPSA) is 114 Å². The standard InChI is InChI=1S/C23H35N3O4/c1-14-11-16(15(2)26(14)21-6-4-3-5-20(21)23(29)30)12-17(13-24)22(28)25-18-7-9-19(27)10-8-18/h12,14-16,18-21,27H,3-11H2,1-2H3,(H,25,28)(H,29,30)/b17-12+. The molecular weight excluding hydrogens is 382 g/mol. The summed E-state index contributed by atoms with van der Waals surface area (Å²) in [4.78, 5) is 26.8. The number of hydrogen-bond acceptors (Lipinski definition) is 5. The van der Waals surface area contributed by atoms with Crippen molar-refractivity contribution in [2.24, 2.45) is 11.8 Å². The van der Waals surface area contributed by atoms with Crippen molar-refractivity contribution in [3.63, 3.8) is 0 Å². The molecule has 1 heterocycles. The molecule has 0 aromatic carbocycles. The molecule has 5 atom stereocenters. The van der Waals surface area contributed by atoms with Crippen LogP contribution in [0.4, 0.5) is 0 Å². The predicted octanol–water partition coefficient (Wildman–Crippen LogP) is 2.60. The molecule has 1 aliphatic heterocycles. The van der Waals surface area contributed by atoms with E-state index < -0.39 is 5.97 Å². The Kier molecular flexibility index (Phi) is 7.54. The molecule has 166 valence electrons. The largest absolute Gasteiger partial charge is 0.481 e. The Bertz CT molecular complexity index is 708. The lowest BCUT2D eigenvalue weighted by atomic mass is 9.82. The molecule has 1 saturated heterocycles. The van der Waals surface area contributed by atoms with Gasteiger partial charge in [-0.3, -0.25) is 14.5 Å². The highest BCUT2D eigenvalue weighted by molar-refractivity contribution is 5.97. The summed E-state index contributed by atoms with van der Waals surface area (Å²) in [7, 11) is 0. The molecule has 7 nitrogen and oxygen atoms in total. The molecule has 0 aromatic rings. The molecule has 2 aliphatic carbocycles. The number of carbonyl (C=O) groups is 2. The van der Waals surface area contributed by atoms with E-state index >= 15 is 0 Å². The lowest BCUT2D eigenvalue weighted by Gasteiger charge is -2.41. The van der Waals surface area contributed by atoms with E-state index in [0.717, 1.165) is 44.9 Å². The number of hydrogen-bond donors (Lipinski definition) is 3. The van der Waals surface area contributed by atoms with Crippen LogP contribution in [0.2, 0.25) is 0 Å². The molecule has 30 heavy (non-hydrogen) atoms. The lowest BCUT2D eigenvalue weighted by Crippen LogP contribution is -2.50. The van der Waals surface area contributed by atoms with E-state index in [0.29, 0.717) is 12.8 Å². The number of nitrogens with one attached hydrogen (secondary N) is 1. The number of likely N-dealkylation sites (tertiary alicyclic amines) is 1. The summed E-state index contributed by atoms with van der Waals surface area (Å²) in [6.07, 6.45) is 8.76. The van der Waals surface area contributed by atoms with Gasteiger partial charge in [0.15, 0.2) is 0 Å². The quantitative estimate of drug-likeness (QED) is 0.468. The van der Waals surface area contributed by atoms with Crippen molar-refractivity contribution in [2.45, 2.75) is 102 Å². The Hall–Kier alpha value is -1.91. The molecule has 7 heteroatoms. The highest BCUT2D eigenvalue weighted by atomic mass is 16.4. The number of amides is 1. The fourth-order valence-electron chi connectivity index (χ4n) is 5.79. The van der Waals surface area contributed by atoms with Crippen LogP contribution in [0.5, 0.6) is 0 Å².